The maximum atomic E-state index is 12.3. The van der Waals surface area contributed by atoms with Gasteiger partial charge >= 0.3 is 12.2 Å². The highest BCUT2D eigenvalue weighted by Crippen LogP contribution is 2.24. The standard InChI is InChI=1S/C22H24F3N9O2/c1-13(20(35)31-12-27)28-8-16(7-26)15-6-19-29-10-18(34(19)32-9-15)14-3-2-4-17(5-14)33-21(36)30-11-22(23,24)25/h2-10,13H,11-12,26-27H2,1H3,(H,31,35)(H2,30,33,36). The highest BCUT2D eigenvalue weighted by Gasteiger charge is 2.27. The fourth-order valence-corrected chi connectivity index (χ4v) is 3.06. The zero-order valence-electron chi connectivity index (χ0n) is 19.1. The van der Waals surface area contributed by atoms with E-state index in [1.165, 1.54) is 18.5 Å². The molecule has 3 aromatic rings. The fraction of sp³-hybridized carbons (Fsp3) is 0.227. The number of anilines is 1. The minimum atomic E-state index is -4.51. The molecule has 7 N–H and O–H groups in total. The zero-order valence-corrected chi connectivity index (χ0v) is 19.1. The predicted molar refractivity (Wildman–Crippen MR) is 129 cm³/mol. The van der Waals surface area contributed by atoms with E-state index in [9.17, 15) is 22.8 Å². The molecule has 36 heavy (non-hydrogen) atoms. The van der Waals surface area contributed by atoms with Crippen molar-refractivity contribution < 1.29 is 22.8 Å². The van der Waals surface area contributed by atoms with Crippen LogP contribution in [0.15, 0.2) is 53.9 Å². The molecule has 0 aliphatic heterocycles. The second kappa shape index (κ2) is 11.3. The van der Waals surface area contributed by atoms with Gasteiger partial charge in [0.1, 0.15) is 12.6 Å². The van der Waals surface area contributed by atoms with Crippen LogP contribution in [0.1, 0.15) is 12.5 Å². The normalized spacial score (nSPS) is 13.1. The van der Waals surface area contributed by atoms with Crippen LogP contribution in [0.25, 0.3) is 22.5 Å². The number of rotatable bonds is 8. The Morgan fingerprint density at radius 3 is 2.69 bits per heavy atom. The maximum absolute atomic E-state index is 12.3. The average Bonchev–Trinajstić information content (AvgIpc) is 3.26. The number of fused-ring (bicyclic) bond motifs is 1. The molecule has 0 saturated heterocycles. The number of imidazole rings is 1. The summed E-state index contributed by atoms with van der Waals surface area (Å²) in [4.78, 5) is 32.1. The summed E-state index contributed by atoms with van der Waals surface area (Å²) in [5, 5.41) is 11.0. The van der Waals surface area contributed by atoms with Gasteiger partial charge in [0.05, 0.1) is 24.8 Å². The monoisotopic (exact) mass is 503 g/mol. The lowest BCUT2D eigenvalue weighted by molar-refractivity contribution is -0.123. The Bertz CT molecular complexity index is 1300. The van der Waals surface area contributed by atoms with Gasteiger partial charge in [0.15, 0.2) is 5.65 Å². The lowest BCUT2D eigenvalue weighted by Crippen LogP contribution is -2.36. The Kier molecular flexibility index (Phi) is 8.22. The van der Waals surface area contributed by atoms with Crippen molar-refractivity contribution >= 4 is 35.1 Å². The van der Waals surface area contributed by atoms with Gasteiger partial charge < -0.3 is 27.4 Å². The molecular formula is C22H24F3N9O2. The van der Waals surface area contributed by atoms with Gasteiger partial charge in [0.25, 0.3) is 0 Å². The summed E-state index contributed by atoms with van der Waals surface area (Å²) in [6.45, 7) is 0.175. The molecule has 1 aromatic carbocycles. The number of amides is 3. The molecule has 2 aromatic heterocycles. The van der Waals surface area contributed by atoms with Crippen LogP contribution in [0.4, 0.5) is 23.7 Å². The first-order chi connectivity index (χ1) is 17.1. The first-order valence-corrected chi connectivity index (χ1v) is 10.6. The van der Waals surface area contributed by atoms with Gasteiger partial charge in [-0.2, -0.15) is 18.3 Å². The number of carbonyl (C=O) groups excluding carboxylic acids is 2. The van der Waals surface area contributed by atoms with Crippen LogP contribution in [0, 0.1) is 0 Å². The van der Waals surface area contributed by atoms with Crippen LogP contribution < -0.4 is 27.4 Å². The molecule has 1 atom stereocenters. The highest BCUT2D eigenvalue weighted by molar-refractivity contribution is 6.10. The molecule has 0 spiro atoms. The second-order valence-corrected chi connectivity index (χ2v) is 7.48. The summed E-state index contributed by atoms with van der Waals surface area (Å²) in [6, 6.07) is 6.56. The van der Waals surface area contributed by atoms with Gasteiger partial charge in [-0.3, -0.25) is 9.79 Å². The first-order valence-electron chi connectivity index (χ1n) is 10.6. The molecular weight excluding hydrogens is 479 g/mol. The summed E-state index contributed by atoms with van der Waals surface area (Å²) >= 11 is 0. The van der Waals surface area contributed by atoms with Crippen LogP contribution in [-0.2, 0) is 4.79 Å². The van der Waals surface area contributed by atoms with E-state index in [0.29, 0.717) is 28.0 Å². The Labute approximate surface area is 203 Å². The molecule has 1 unspecified atom stereocenters. The van der Waals surface area contributed by atoms with Crippen LogP contribution in [0.5, 0.6) is 0 Å². The number of nitrogens with one attached hydrogen (secondary N) is 3. The topological polar surface area (TPSA) is 165 Å². The van der Waals surface area contributed by atoms with E-state index in [1.54, 1.807) is 53.4 Å². The van der Waals surface area contributed by atoms with Crippen LogP contribution in [0.2, 0.25) is 0 Å². The molecule has 3 amide bonds. The number of hydrogen-bond donors (Lipinski definition) is 5. The van der Waals surface area contributed by atoms with Crippen molar-refractivity contribution in [2.24, 2.45) is 16.5 Å². The number of benzene rings is 1. The van der Waals surface area contributed by atoms with Crippen LogP contribution in [0.3, 0.4) is 0 Å². The van der Waals surface area contributed by atoms with Gasteiger partial charge in [0, 0.05) is 34.8 Å². The summed E-state index contributed by atoms with van der Waals surface area (Å²) in [7, 11) is 0. The largest absolute Gasteiger partial charge is 0.405 e. The quantitative estimate of drug-likeness (QED) is 0.233. The number of aliphatic imine (C=N–C) groups is 1. The Hall–Kier alpha value is -4.46. The van der Waals surface area contributed by atoms with E-state index in [2.05, 4.69) is 25.7 Å². The second-order valence-electron chi connectivity index (χ2n) is 7.48. The summed E-state index contributed by atoms with van der Waals surface area (Å²) in [5.41, 5.74) is 14.1. The van der Waals surface area contributed by atoms with Crippen molar-refractivity contribution in [2.45, 2.75) is 19.1 Å². The van der Waals surface area contributed by atoms with Crippen molar-refractivity contribution in [1.82, 2.24) is 25.2 Å². The molecule has 0 aliphatic rings. The molecule has 0 fully saturated rings. The van der Waals surface area contributed by atoms with Gasteiger partial charge in [-0.15, -0.1) is 0 Å². The van der Waals surface area contributed by atoms with Gasteiger partial charge in [-0.1, -0.05) is 12.1 Å². The number of carbonyl (C=O) groups is 2. The lowest BCUT2D eigenvalue weighted by atomic mass is 10.1. The van der Waals surface area contributed by atoms with Gasteiger partial charge in [0.2, 0.25) is 5.91 Å². The zero-order chi connectivity index (χ0) is 26.3. The minimum absolute atomic E-state index is 0.00526. The lowest BCUT2D eigenvalue weighted by Gasteiger charge is -2.10. The molecule has 0 saturated carbocycles. The molecule has 11 nitrogen and oxygen atoms in total. The number of urea groups is 1. The van der Waals surface area contributed by atoms with E-state index in [4.69, 9.17) is 11.5 Å². The number of nitrogens with two attached hydrogens (primary N) is 2. The molecule has 0 bridgehead atoms. The summed E-state index contributed by atoms with van der Waals surface area (Å²) in [6.07, 6.45) is 1.38. The number of halogens is 3. The highest BCUT2D eigenvalue weighted by atomic mass is 19.4. The first kappa shape index (κ1) is 26.2. The molecule has 14 heteroatoms. The third kappa shape index (κ3) is 6.79. The van der Waals surface area contributed by atoms with Gasteiger partial charge in [-0.25, -0.2) is 14.3 Å². The Morgan fingerprint density at radius 1 is 1.22 bits per heavy atom. The summed E-state index contributed by atoms with van der Waals surface area (Å²) < 4.78 is 38.4. The molecule has 0 radical (unpaired) electrons. The number of nitrogens with zero attached hydrogens (tertiary/aromatic N) is 4. The van der Waals surface area contributed by atoms with Gasteiger partial charge in [-0.05, 0) is 25.1 Å². The fourth-order valence-electron chi connectivity index (χ4n) is 3.06. The van der Waals surface area contributed by atoms with E-state index < -0.39 is 24.8 Å². The van der Waals surface area contributed by atoms with Crippen molar-refractivity contribution in [3.05, 3.63) is 54.5 Å². The van der Waals surface area contributed by atoms with Crippen molar-refractivity contribution in [2.75, 3.05) is 18.5 Å². The Morgan fingerprint density at radius 2 is 2.00 bits per heavy atom. The molecule has 0 aliphatic carbocycles. The van der Waals surface area contributed by atoms with Crippen molar-refractivity contribution in [3.63, 3.8) is 0 Å². The SMILES string of the molecule is CC(N=CC(=CN)c1cnn2c(-c3cccc(NC(=O)NCC(F)(F)F)c3)cnc2c1)C(=O)NCN. The van der Waals surface area contributed by atoms with E-state index >= 15 is 0 Å². The van der Waals surface area contributed by atoms with E-state index in [1.807, 2.05) is 0 Å². The van der Waals surface area contributed by atoms with E-state index in [0.717, 1.165) is 0 Å². The number of aromatic nitrogens is 3. The molecule has 3 rings (SSSR count). The number of allylic oxidation sites excluding steroid dienone is 1. The van der Waals surface area contributed by atoms with Crippen molar-refractivity contribution in [1.29, 1.82) is 0 Å². The van der Waals surface area contributed by atoms with Crippen molar-refractivity contribution in [3.8, 4) is 11.3 Å². The number of hydrogen-bond acceptors (Lipinski definition) is 7. The number of alkyl halides is 3. The third-order valence-corrected chi connectivity index (χ3v) is 4.83. The van der Waals surface area contributed by atoms with Crippen LogP contribution in [-0.4, -0.2) is 58.2 Å². The smallest absolute Gasteiger partial charge is 0.404 e. The average molecular weight is 503 g/mol. The molecule has 190 valence electrons. The predicted octanol–water partition coefficient (Wildman–Crippen LogP) is 1.87. The Balaban J connectivity index is 1.79. The minimum Gasteiger partial charge on any atom is -0.404 e. The maximum Gasteiger partial charge on any atom is 0.405 e. The van der Waals surface area contributed by atoms with Crippen LogP contribution >= 0.6 is 0 Å². The summed E-state index contributed by atoms with van der Waals surface area (Å²) in [5.74, 6) is -0.328. The molecule has 2 heterocycles. The third-order valence-electron chi connectivity index (χ3n) is 4.83. The van der Waals surface area contributed by atoms with E-state index in [-0.39, 0.29) is 18.3 Å².